The highest BCUT2D eigenvalue weighted by Gasteiger charge is 2.23. The van der Waals surface area contributed by atoms with Gasteiger partial charge in [0.25, 0.3) is 5.91 Å². The average Bonchev–Trinajstić information content (AvgIpc) is 2.77. The molecule has 2 N–H and O–H groups in total. The summed E-state index contributed by atoms with van der Waals surface area (Å²) < 4.78 is 5.07. The van der Waals surface area contributed by atoms with Crippen LogP contribution in [0.25, 0.3) is 11.6 Å². The second-order valence-electron chi connectivity index (χ2n) is 4.49. The lowest BCUT2D eigenvalue weighted by Crippen LogP contribution is -2.03. The van der Waals surface area contributed by atoms with Crippen LogP contribution in [0, 0.1) is 0 Å². The van der Waals surface area contributed by atoms with Gasteiger partial charge in [0.1, 0.15) is 0 Å². The minimum atomic E-state index is -0.127. The van der Waals surface area contributed by atoms with Gasteiger partial charge in [-0.2, -0.15) is 0 Å². The summed E-state index contributed by atoms with van der Waals surface area (Å²) in [5.74, 6) is 0.329. The van der Waals surface area contributed by atoms with Crippen LogP contribution in [0.3, 0.4) is 0 Å². The van der Waals surface area contributed by atoms with Crippen LogP contribution in [0.1, 0.15) is 11.1 Å². The summed E-state index contributed by atoms with van der Waals surface area (Å²) in [4.78, 5) is 12.0. The number of hydrogen-bond acceptors (Lipinski definition) is 3. The average molecular weight is 267 g/mol. The molecule has 2 aromatic rings. The van der Waals surface area contributed by atoms with E-state index >= 15 is 0 Å². The highest BCUT2D eigenvalue weighted by molar-refractivity contribution is 6.34. The molecule has 1 aliphatic heterocycles. The maximum absolute atomic E-state index is 12.0. The van der Waals surface area contributed by atoms with Crippen molar-refractivity contribution in [3.05, 3.63) is 53.6 Å². The van der Waals surface area contributed by atoms with Crippen LogP contribution in [0.5, 0.6) is 11.5 Å². The van der Waals surface area contributed by atoms with Gasteiger partial charge in [0, 0.05) is 16.8 Å². The van der Waals surface area contributed by atoms with Crippen LogP contribution in [0.15, 0.2) is 42.5 Å². The molecule has 4 heteroatoms. The fourth-order valence-electron chi connectivity index (χ4n) is 2.23. The molecule has 0 spiro atoms. The van der Waals surface area contributed by atoms with Crippen molar-refractivity contribution in [2.45, 2.75) is 0 Å². The van der Waals surface area contributed by atoms with E-state index in [1.165, 1.54) is 7.11 Å². The van der Waals surface area contributed by atoms with Crippen LogP contribution in [-0.4, -0.2) is 18.1 Å². The summed E-state index contributed by atoms with van der Waals surface area (Å²) in [5.41, 5.74) is 3.09. The molecule has 0 saturated carbocycles. The van der Waals surface area contributed by atoms with Crippen molar-refractivity contribution >= 4 is 23.2 Å². The highest BCUT2D eigenvalue weighted by atomic mass is 16.5. The van der Waals surface area contributed by atoms with E-state index in [0.717, 1.165) is 16.8 Å². The number of nitrogens with one attached hydrogen (secondary N) is 1. The molecule has 0 bridgehead atoms. The maximum Gasteiger partial charge on any atom is 0.256 e. The van der Waals surface area contributed by atoms with E-state index in [0.29, 0.717) is 11.3 Å². The number of hydrogen-bond donors (Lipinski definition) is 2. The number of rotatable bonds is 2. The standard InChI is InChI=1S/C16H13NO3/c1-20-15-9-10(6-7-14(15)18)8-12-11-4-2-3-5-13(11)17-16(12)19/h2-9,18H,1H3,(H,17,19)/b12-8+. The van der Waals surface area contributed by atoms with Crippen molar-refractivity contribution < 1.29 is 14.6 Å². The molecule has 0 aromatic heterocycles. The Morgan fingerprint density at radius 3 is 2.80 bits per heavy atom. The first kappa shape index (κ1) is 12.3. The molecule has 3 rings (SSSR count). The lowest BCUT2D eigenvalue weighted by molar-refractivity contribution is -0.110. The predicted molar refractivity (Wildman–Crippen MR) is 77.6 cm³/mol. The number of anilines is 1. The zero-order valence-corrected chi connectivity index (χ0v) is 10.9. The van der Waals surface area contributed by atoms with Gasteiger partial charge in [-0.15, -0.1) is 0 Å². The molecule has 0 atom stereocenters. The predicted octanol–water partition coefficient (Wildman–Crippen LogP) is 2.89. The molecule has 1 heterocycles. The van der Waals surface area contributed by atoms with E-state index in [-0.39, 0.29) is 11.7 Å². The largest absolute Gasteiger partial charge is 0.504 e. The minimum Gasteiger partial charge on any atom is -0.504 e. The SMILES string of the molecule is COc1cc(/C=C2/C(=O)Nc3ccccc32)ccc1O. The number of methoxy groups -OCH3 is 1. The highest BCUT2D eigenvalue weighted by Crippen LogP contribution is 2.34. The van der Waals surface area contributed by atoms with Crippen molar-refractivity contribution in [2.75, 3.05) is 12.4 Å². The minimum absolute atomic E-state index is 0.0749. The molecular weight excluding hydrogens is 254 g/mol. The molecule has 0 radical (unpaired) electrons. The van der Waals surface area contributed by atoms with Gasteiger partial charge >= 0.3 is 0 Å². The number of ether oxygens (including phenoxy) is 1. The smallest absolute Gasteiger partial charge is 0.256 e. The van der Waals surface area contributed by atoms with E-state index < -0.39 is 0 Å². The molecule has 0 unspecified atom stereocenters. The monoisotopic (exact) mass is 267 g/mol. The van der Waals surface area contributed by atoms with Crippen molar-refractivity contribution in [1.82, 2.24) is 0 Å². The van der Waals surface area contributed by atoms with Crippen LogP contribution in [0.4, 0.5) is 5.69 Å². The third-order valence-electron chi connectivity index (χ3n) is 3.22. The number of phenols is 1. The Kier molecular flexibility index (Phi) is 2.91. The molecule has 0 aliphatic carbocycles. The number of aromatic hydroxyl groups is 1. The third kappa shape index (κ3) is 2.01. The topological polar surface area (TPSA) is 58.6 Å². The first-order chi connectivity index (χ1) is 9.69. The fourth-order valence-corrected chi connectivity index (χ4v) is 2.23. The van der Waals surface area contributed by atoms with Gasteiger partial charge in [0.05, 0.1) is 7.11 Å². The Labute approximate surface area is 116 Å². The van der Waals surface area contributed by atoms with E-state index in [1.807, 2.05) is 24.3 Å². The Hall–Kier alpha value is -2.75. The normalized spacial score (nSPS) is 15.1. The molecular formula is C16H13NO3. The van der Waals surface area contributed by atoms with Crippen LogP contribution < -0.4 is 10.1 Å². The van der Waals surface area contributed by atoms with Crippen molar-refractivity contribution in [3.63, 3.8) is 0 Å². The summed E-state index contributed by atoms with van der Waals surface area (Å²) in [6.07, 6.45) is 1.78. The lowest BCUT2D eigenvalue weighted by Gasteiger charge is -2.04. The second-order valence-corrected chi connectivity index (χ2v) is 4.49. The third-order valence-corrected chi connectivity index (χ3v) is 3.22. The molecule has 100 valence electrons. The summed E-state index contributed by atoms with van der Waals surface area (Å²) in [6.45, 7) is 0. The first-order valence-corrected chi connectivity index (χ1v) is 6.18. The Morgan fingerprint density at radius 1 is 1.20 bits per heavy atom. The van der Waals surface area contributed by atoms with Gasteiger partial charge in [-0.3, -0.25) is 4.79 Å². The number of para-hydroxylation sites is 1. The molecule has 1 aliphatic rings. The van der Waals surface area contributed by atoms with E-state index in [9.17, 15) is 9.90 Å². The number of carbonyl (C=O) groups excluding carboxylic acids is 1. The van der Waals surface area contributed by atoms with E-state index in [4.69, 9.17) is 4.74 Å². The zero-order chi connectivity index (χ0) is 14.1. The first-order valence-electron chi connectivity index (χ1n) is 6.18. The quantitative estimate of drug-likeness (QED) is 0.822. The molecule has 1 amide bonds. The lowest BCUT2D eigenvalue weighted by atomic mass is 10.0. The molecule has 4 nitrogen and oxygen atoms in total. The van der Waals surface area contributed by atoms with E-state index in [2.05, 4.69) is 5.32 Å². The summed E-state index contributed by atoms with van der Waals surface area (Å²) in [7, 11) is 1.49. The summed E-state index contributed by atoms with van der Waals surface area (Å²) in [5, 5.41) is 12.4. The van der Waals surface area contributed by atoms with Crippen LogP contribution in [0.2, 0.25) is 0 Å². The summed E-state index contributed by atoms with van der Waals surface area (Å²) >= 11 is 0. The van der Waals surface area contributed by atoms with Gasteiger partial charge in [0.2, 0.25) is 0 Å². The second kappa shape index (κ2) is 4.74. The Morgan fingerprint density at radius 2 is 2.00 bits per heavy atom. The maximum atomic E-state index is 12.0. The number of phenolic OH excluding ortho intramolecular Hbond substituents is 1. The van der Waals surface area contributed by atoms with Crippen LogP contribution >= 0.6 is 0 Å². The van der Waals surface area contributed by atoms with Gasteiger partial charge in [-0.1, -0.05) is 24.3 Å². The molecule has 20 heavy (non-hydrogen) atoms. The number of amides is 1. The fraction of sp³-hybridized carbons (Fsp3) is 0.0625. The number of fused-ring (bicyclic) bond motifs is 1. The Balaban J connectivity index is 2.07. The van der Waals surface area contributed by atoms with Crippen molar-refractivity contribution in [3.8, 4) is 11.5 Å². The van der Waals surface area contributed by atoms with Gasteiger partial charge < -0.3 is 15.2 Å². The number of carbonyl (C=O) groups is 1. The molecule has 2 aromatic carbocycles. The van der Waals surface area contributed by atoms with Gasteiger partial charge in [-0.05, 0) is 29.8 Å². The zero-order valence-electron chi connectivity index (χ0n) is 10.9. The van der Waals surface area contributed by atoms with E-state index in [1.54, 1.807) is 24.3 Å². The number of benzene rings is 2. The van der Waals surface area contributed by atoms with Crippen LogP contribution in [-0.2, 0) is 4.79 Å². The van der Waals surface area contributed by atoms with Crippen molar-refractivity contribution in [2.24, 2.45) is 0 Å². The van der Waals surface area contributed by atoms with Gasteiger partial charge in [-0.25, -0.2) is 0 Å². The van der Waals surface area contributed by atoms with Crippen molar-refractivity contribution in [1.29, 1.82) is 0 Å². The Bertz CT molecular complexity index is 719. The molecule has 0 fully saturated rings. The summed E-state index contributed by atoms with van der Waals surface area (Å²) in [6, 6.07) is 12.5. The molecule has 0 saturated heterocycles. The van der Waals surface area contributed by atoms with Gasteiger partial charge in [0.15, 0.2) is 11.5 Å².